The standard InChI is InChI=1S/C19H18N2O5/c1-12-7-8-14(19(22)24-3)10-16(12)25-11-17-20-18(21-26-17)13-5-4-6-15(9-13)23-2/h4-10H,11H2,1-3H3. The highest BCUT2D eigenvalue weighted by atomic mass is 16.5. The zero-order valence-corrected chi connectivity index (χ0v) is 14.7. The zero-order valence-electron chi connectivity index (χ0n) is 14.7. The van der Waals surface area contributed by atoms with Gasteiger partial charge in [0.25, 0.3) is 5.89 Å². The van der Waals surface area contributed by atoms with Crippen molar-refractivity contribution in [2.75, 3.05) is 14.2 Å². The van der Waals surface area contributed by atoms with Gasteiger partial charge in [-0.25, -0.2) is 4.79 Å². The lowest BCUT2D eigenvalue weighted by Gasteiger charge is -2.08. The normalized spacial score (nSPS) is 10.4. The van der Waals surface area contributed by atoms with Crippen LogP contribution in [0.15, 0.2) is 47.0 Å². The molecule has 0 aliphatic carbocycles. The first-order chi connectivity index (χ1) is 12.6. The molecule has 1 aromatic heterocycles. The molecule has 0 aliphatic heterocycles. The third kappa shape index (κ3) is 3.83. The van der Waals surface area contributed by atoms with Crippen molar-refractivity contribution in [2.24, 2.45) is 0 Å². The highest BCUT2D eigenvalue weighted by Crippen LogP contribution is 2.23. The summed E-state index contributed by atoms with van der Waals surface area (Å²) < 4.78 is 20.9. The molecule has 0 aliphatic rings. The first kappa shape index (κ1) is 17.5. The molecule has 0 amide bonds. The fourth-order valence-corrected chi connectivity index (χ4v) is 2.33. The van der Waals surface area contributed by atoms with Gasteiger partial charge in [0.15, 0.2) is 6.61 Å². The van der Waals surface area contributed by atoms with Crippen LogP contribution in [0.1, 0.15) is 21.8 Å². The number of nitrogens with zero attached hydrogens (tertiary/aromatic N) is 2. The molecule has 1 heterocycles. The Morgan fingerprint density at radius 1 is 1.15 bits per heavy atom. The van der Waals surface area contributed by atoms with Gasteiger partial charge < -0.3 is 18.7 Å². The van der Waals surface area contributed by atoms with Gasteiger partial charge in [0, 0.05) is 5.56 Å². The first-order valence-electron chi connectivity index (χ1n) is 7.89. The molecule has 0 saturated carbocycles. The number of carbonyl (C=O) groups excluding carboxylic acids is 1. The van der Waals surface area contributed by atoms with Crippen molar-refractivity contribution in [1.82, 2.24) is 10.1 Å². The Hall–Kier alpha value is -3.35. The van der Waals surface area contributed by atoms with Gasteiger partial charge in [0.1, 0.15) is 11.5 Å². The smallest absolute Gasteiger partial charge is 0.337 e. The Balaban J connectivity index is 1.73. The van der Waals surface area contributed by atoms with Crippen LogP contribution in [0.2, 0.25) is 0 Å². The molecule has 0 spiro atoms. The molecule has 2 aromatic carbocycles. The summed E-state index contributed by atoms with van der Waals surface area (Å²) in [6.45, 7) is 1.97. The van der Waals surface area contributed by atoms with Crippen LogP contribution < -0.4 is 9.47 Å². The van der Waals surface area contributed by atoms with Gasteiger partial charge in [0.05, 0.1) is 19.8 Å². The van der Waals surface area contributed by atoms with E-state index >= 15 is 0 Å². The van der Waals surface area contributed by atoms with Crippen LogP contribution in [0.4, 0.5) is 0 Å². The summed E-state index contributed by atoms with van der Waals surface area (Å²) in [7, 11) is 2.93. The van der Waals surface area contributed by atoms with E-state index < -0.39 is 5.97 Å². The summed E-state index contributed by atoms with van der Waals surface area (Å²) in [6, 6.07) is 12.5. The summed E-state index contributed by atoms with van der Waals surface area (Å²) in [5.41, 5.74) is 2.07. The number of esters is 1. The number of benzene rings is 2. The molecule has 0 atom stereocenters. The van der Waals surface area contributed by atoms with Crippen molar-refractivity contribution in [3.05, 3.63) is 59.5 Å². The van der Waals surface area contributed by atoms with Gasteiger partial charge in [-0.15, -0.1) is 0 Å². The number of hydrogen-bond donors (Lipinski definition) is 0. The second kappa shape index (κ2) is 7.69. The van der Waals surface area contributed by atoms with Gasteiger partial charge >= 0.3 is 5.97 Å². The fraction of sp³-hybridized carbons (Fsp3) is 0.211. The van der Waals surface area contributed by atoms with Gasteiger partial charge in [0.2, 0.25) is 5.82 Å². The van der Waals surface area contributed by atoms with Crippen molar-refractivity contribution in [2.45, 2.75) is 13.5 Å². The molecule has 7 heteroatoms. The topological polar surface area (TPSA) is 83.7 Å². The Bertz CT molecular complexity index is 920. The fourth-order valence-electron chi connectivity index (χ4n) is 2.33. The van der Waals surface area contributed by atoms with Crippen molar-refractivity contribution in [1.29, 1.82) is 0 Å². The third-order valence-electron chi connectivity index (χ3n) is 3.76. The van der Waals surface area contributed by atoms with Crippen LogP contribution in [-0.4, -0.2) is 30.3 Å². The van der Waals surface area contributed by atoms with Crippen LogP contribution in [0.25, 0.3) is 11.4 Å². The van der Waals surface area contributed by atoms with Crippen molar-refractivity contribution < 1.29 is 23.5 Å². The quantitative estimate of drug-likeness (QED) is 0.627. The Morgan fingerprint density at radius 2 is 2.00 bits per heavy atom. The van der Waals surface area contributed by atoms with Gasteiger partial charge in [-0.05, 0) is 36.8 Å². The van der Waals surface area contributed by atoms with E-state index in [1.54, 1.807) is 25.3 Å². The minimum Gasteiger partial charge on any atom is -0.497 e. The molecule has 0 bridgehead atoms. The van der Waals surface area contributed by atoms with Crippen LogP contribution in [0.5, 0.6) is 11.5 Å². The molecule has 0 unspecified atom stereocenters. The van der Waals surface area contributed by atoms with E-state index in [-0.39, 0.29) is 6.61 Å². The average molecular weight is 354 g/mol. The second-order valence-electron chi connectivity index (χ2n) is 5.50. The molecule has 3 rings (SSSR count). The van der Waals surface area contributed by atoms with Gasteiger partial charge in [-0.1, -0.05) is 23.4 Å². The minimum absolute atomic E-state index is 0.0857. The van der Waals surface area contributed by atoms with Gasteiger partial charge in [-0.2, -0.15) is 4.98 Å². The number of carbonyl (C=O) groups is 1. The maximum absolute atomic E-state index is 11.6. The maximum atomic E-state index is 11.6. The van der Waals surface area contributed by atoms with E-state index in [1.165, 1.54) is 7.11 Å². The van der Waals surface area contributed by atoms with Crippen LogP contribution in [0.3, 0.4) is 0 Å². The maximum Gasteiger partial charge on any atom is 0.337 e. The summed E-state index contributed by atoms with van der Waals surface area (Å²) >= 11 is 0. The highest BCUT2D eigenvalue weighted by Gasteiger charge is 2.12. The Kier molecular flexibility index (Phi) is 5.17. The summed E-state index contributed by atoms with van der Waals surface area (Å²) in [4.78, 5) is 16.0. The molecule has 0 saturated heterocycles. The lowest BCUT2D eigenvalue weighted by molar-refractivity contribution is 0.0600. The van der Waals surface area contributed by atoms with E-state index in [9.17, 15) is 4.79 Å². The molecule has 26 heavy (non-hydrogen) atoms. The van der Waals surface area contributed by atoms with Crippen LogP contribution in [-0.2, 0) is 11.3 Å². The van der Waals surface area contributed by atoms with Crippen LogP contribution >= 0.6 is 0 Å². The lowest BCUT2D eigenvalue weighted by Crippen LogP contribution is -2.03. The first-order valence-corrected chi connectivity index (χ1v) is 7.89. The minimum atomic E-state index is -0.423. The van der Waals surface area contributed by atoms with E-state index in [1.807, 2.05) is 31.2 Å². The van der Waals surface area contributed by atoms with E-state index in [0.717, 1.165) is 11.1 Å². The average Bonchev–Trinajstić information content (AvgIpc) is 3.16. The van der Waals surface area contributed by atoms with Crippen molar-refractivity contribution in [3.63, 3.8) is 0 Å². The second-order valence-corrected chi connectivity index (χ2v) is 5.50. The lowest BCUT2D eigenvalue weighted by atomic mass is 10.1. The molecular weight excluding hydrogens is 336 g/mol. The van der Waals surface area contributed by atoms with Gasteiger partial charge in [-0.3, -0.25) is 0 Å². The largest absolute Gasteiger partial charge is 0.497 e. The summed E-state index contributed by atoms with van der Waals surface area (Å²) in [5, 5.41) is 3.96. The number of aromatic nitrogens is 2. The molecule has 134 valence electrons. The molecule has 7 nitrogen and oxygen atoms in total. The number of ether oxygens (including phenoxy) is 3. The Morgan fingerprint density at radius 3 is 2.77 bits per heavy atom. The van der Waals surface area contributed by atoms with E-state index in [4.69, 9.17) is 18.7 Å². The molecule has 0 N–H and O–H groups in total. The number of methoxy groups -OCH3 is 2. The number of rotatable bonds is 6. The third-order valence-corrected chi connectivity index (χ3v) is 3.76. The zero-order chi connectivity index (χ0) is 18.5. The Labute approximate surface area is 150 Å². The summed E-state index contributed by atoms with van der Waals surface area (Å²) in [6.07, 6.45) is 0. The summed E-state index contributed by atoms with van der Waals surface area (Å²) in [5.74, 6) is 1.61. The predicted octanol–water partition coefficient (Wildman–Crippen LogP) is 3.42. The monoisotopic (exact) mass is 354 g/mol. The molecule has 0 fully saturated rings. The number of hydrogen-bond acceptors (Lipinski definition) is 7. The van der Waals surface area contributed by atoms with E-state index in [0.29, 0.717) is 28.8 Å². The van der Waals surface area contributed by atoms with Crippen molar-refractivity contribution >= 4 is 5.97 Å². The number of aryl methyl sites for hydroxylation is 1. The van der Waals surface area contributed by atoms with Crippen LogP contribution in [0, 0.1) is 6.92 Å². The van der Waals surface area contributed by atoms with E-state index in [2.05, 4.69) is 10.1 Å². The molecular formula is C19H18N2O5. The predicted molar refractivity (Wildman–Crippen MR) is 93.1 cm³/mol. The molecule has 3 aromatic rings. The SMILES string of the molecule is COC(=O)c1ccc(C)c(OCc2nc(-c3cccc(OC)c3)no2)c1. The molecule has 0 radical (unpaired) electrons. The highest BCUT2D eigenvalue weighted by molar-refractivity contribution is 5.89. The van der Waals surface area contributed by atoms with Crippen molar-refractivity contribution in [3.8, 4) is 22.9 Å².